The molecule has 120 valence electrons. The van der Waals surface area contributed by atoms with Crippen LogP contribution in [-0.4, -0.2) is 49.5 Å². The molecule has 0 aromatic heterocycles. The van der Waals surface area contributed by atoms with Crippen molar-refractivity contribution in [2.75, 3.05) is 38.7 Å². The fraction of sp³-hybridized carbons (Fsp3) is 0.500. The first kappa shape index (κ1) is 18.9. The molecule has 1 N–H and O–H groups in total. The molecule has 22 heavy (non-hydrogen) atoms. The molecule has 0 saturated heterocycles. The van der Waals surface area contributed by atoms with E-state index >= 15 is 0 Å². The van der Waals surface area contributed by atoms with Crippen molar-refractivity contribution in [2.45, 2.75) is 12.8 Å². The smallest absolute Gasteiger partial charge is 0.224 e. The van der Waals surface area contributed by atoms with Gasteiger partial charge >= 0.3 is 0 Å². The average Bonchev–Trinajstić information content (AvgIpc) is 2.50. The third-order valence-electron chi connectivity index (χ3n) is 2.88. The lowest BCUT2D eigenvalue weighted by atomic mass is 10.1. The monoisotopic (exact) mass is 337 g/mol. The van der Waals surface area contributed by atoms with E-state index in [1.54, 1.807) is 12.1 Å². The van der Waals surface area contributed by atoms with E-state index in [-0.39, 0.29) is 5.91 Å². The molecule has 1 rings (SSSR count). The predicted octanol–water partition coefficient (Wildman–Crippen LogP) is 2.55. The molecule has 0 fully saturated rings. The number of rotatable bonds is 10. The Morgan fingerprint density at radius 2 is 1.91 bits per heavy atom. The highest BCUT2D eigenvalue weighted by Crippen LogP contribution is 2.21. The number of nitrogens with one attached hydrogen (secondary N) is 1. The van der Waals surface area contributed by atoms with Crippen molar-refractivity contribution in [1.82, 2.24) is 10.2 Å². The number of carbonyl (C=O) groups excluding carboxylic acids is 1. The number of carbonyl (C=O) groups is 1. The first-order valence-electron chi connectivity index (χ1n) is 7.26. The van der Waals surface area contributed by atoms with Crippen LogP contribution in [-0.2, 0) is 11.2 Å². The summed E-state index contributed by atoms with van der Waals surface area (Å²) < 4.78 is 0. The Kier molecular flexibility index (Phi) is 9.80. The highest BCUT2D eigenvalue weighted by molar-refractivity contribution is 8.76. The van der Waals surface area contributed by atoms with Crippen LogP contribution in [0.2, 0.25) is 0 Å². The zero-order valence-corrected chi connectivity index (χ0v) is 14.8. The Bertz CT molecular complexity index is 483. The Labute approximate surface area is 141 Å². The van der Waals surface area contributed by atoms with Crippen LogP contribution in [0.3, 0.4) is 0 Å². The Morgan fingerprint density at radius 3 is 2.55 bits per heavy atom. The second kappa shape index (κ2) is 11.4. The quantitative estimate of drug-likeness (QED) is 0.525. The standard InChI is InChI=1S/C16H23N3OS2/c1-19(2)9-11-22-21-10-3-8-18-16(20)12-14-4-6-15(13-17)7-5-14/h4-7H,3,8-12H2,1-2H3,(H,18,20). The fourth-order valence-electron chi connectivity index (χ4n) is 1.64. The molecule has 0 aliphatic carbocycles. The van der Waals surface area contributed by atoms with Crippen molar-refractivity contribution in [3.8, 4) is 6.07 Å². The van der Waals surface area contributed by atoms with E-state index in [1.807, 2.05) is 33.7 Å². The normalized spacial score (nSPS) is 10.5. The van der Waals surface area contributed by atoms with E-state index in [4.69, 9.17) is 5.26 Å². The van der Waals surface area contributed by atoms with Crippen LogP contribution in [0, 0.1) is 11.3 Å². The molecule has 0 radical (unpaired) electrons. The van der Waals surface area contributed by atoms with E-state index in [0.29, 0.717) is 12.0 Å². The zero-order valence-electron chi connectivity index (χ0n) is 13.2. The van der Waals surface area contributed by atoms with Crippen LogP contribution in [0.25, 0.3) is 0 Å². The second-order valence-corrected chi connectivity index (χ2v) is 7.84. The van der Waals surface area contributed by atoms with Gasteiger partial charge in [-0.1, -0.05) is 33.7 Å². The predicted molar refractivity (Wildman–Crippen MR) is 96.0 cm³/mol. The zero-order chi connectivity index (χ0) is 16.2. The number of benzene rings is 1. The SMILES string of the molecule is CN(C)CCSSCCCNC(=O)Cc1ccc(C#N)cc1. The van der Waals surface area contributed by atoms with Gasteiger partial charge in [-0.25, -0.2) is 0 Å². The number of amides is 1. The van der Waals surface area contributed by atoms with Gasteiger partial charge in [-0.2, -0.15) is 5.26 Å². The summed E-state index contributed by atoms with van der Waals surface area (Å²) in [6.07, 6.45) is 1.36. The van der Waals surface area contributed by atoms with E-state index in [9.17, 15) is 4.79 Å². The van der Waals surface area contributed by atoms with Crippen LogP contribution in [0.4, 0.5) is 0 Å². The summed E-state index contributed by atoms with van der Waals surface area (Å²) in [5.41, 5.74) is 1.55. The number of hydrogen-bond donors (Lipinski definition) is 1. The third-order valence-corrected chi connectivity index (χ3v) is 5.35. The van der Waals surface area contributed by atoms with Gasteiger partial charge in [-0.05, 0) is 38.2 Å². The van der Waals surface area contributed by atoms with E-state index in [2.05, 4.69) is 30.4 Å². The number of hydrogen-bond acceptors (Lipinski definition) is 5. The van der Waals surface area contributed by atoms with E-state index < -0.39 is 0 Å². The molecule has 0 heterocycles. The Balaban J connectivity index is 2.05. The van der Waals surface area contributed by atoms with Gasteiger partial charge in [0.05, 0.1) is 18.1 Å². The Hall–Kier alpha value is -1.16. The lowest BCUT2D eigenvalue weighted by molar-refractivity contribution is -0.120. The van der Waals surface area contributed by atoms with Gasteiger partial charge in [0.15, 0.2) is 0 Å². The summed E-state index contributed by atoms with van der Waals surface area (Å²) in [6, 6.07) is 9.21. The van der Waals surface area contributed by atoms with Crippen molar-refractivity contribution in [1.29, 1.82) is 5.26 Å². The molecule has 0 bridgehead atoms. The van der Waals surface area contributed by atoms with Gasteiger partial charge in [-0.15, -0.1) is 0 Å². The maximum absolute atomic E-state index is 11.8. The molecular weight excluding hydrogens is 314 g/mol. The van der Waals surface area contributed by atoms with Crippen LogP contribution in [0.5, 0.6) is 0 Å². The first-order valence-corrected chi connectivity index (χ1v) is 9.75. The minimum absolute atomic E-state index is 0.0370. The molecule has 0 atom stereocenters. The second-order valence-electron chi connectivity index (χ2n) is 5.14. The molecule has 0 aliphatic heterocycles. The summed E-state index contributed by atoms with van der Waals surface area (Å²) in [7, 11) is 7.90. The van der Waals surface area contributed by atoms with Gasteiger partial charge in [0.25, 0.3) is 0 Å². The van der Waals surface area contributed by atoms with Crippen LogP contribution < -0.4 is 5.32 Å². The maximum Gasteiger partial charge on any atom is 0.224 e. The summed E-state index contributed by atoms with van der Waals surface area (Å²) in [4.78, 5) is 14.0. The van der Waals surface area contributed by atoms with Crippen molar-refractivity contribution < 1.29 is 4.79 Å². The third kappa shape index (κ3) is 8.98. The van der Waals surface area contributed by atoms with Crippen molar-refractivity contribution >= 4 is 27.5 Å². The average molecular weight is 338 g/mol. The summed E-state index contributed by atoms with van der Waals surface area (Å²) in [5.74, 6) is 2.22. The Morgan fingerprint density at radius 1 is 1.23 bits per heavy atom. The minimum atomic E-state index is 0.0370. The molecule has 0 unspecified atom stereocenters. The molecule has 0 aliphatic rings. The summed E-state index contributed by atoms with van der Waals surface area (Å²) in [6.45, 7) is 1.81. The van der Waals surface area contributed by atoms with E-state index in [1.165, 1.54) is 0 Å². The molecule has 1 aromatic rings. The van der Waals surface area contributed by atoms with Gasteiger partial charge < -0.3 is 10.2 Å². The van der Waals surface area contributed by atoms with Crippen LogP contribution in [0.1, 0.15) is 17.5 Å². The maximum atomic E-state index is 11.8. The topological polar surface area (TPSA) is 56.1 Å². The lowest BCUT2D eigenvalue weighted by Gasteiger charge is -2.08. The fourth-order valence-corrected chi connectivity index (χ4v) is 3.86. The van der Waals surface area contributed by atoms with Gasteiger partial charge in [0, 0.05) is 24.6 Å². The lowest BCUT2D eigenvalue weighted by Crippen LogP contribution is -2.26. The largest absolute Gasteiger partial charge is 0.356 e. The highest BCUT2D eigenvalue weighted by Gasteiger charge is 2.03. The van der Waals surface area contributed by atoms with Crippen LogP contribution in [0.15, 0.2) is 24.3 Å². The number of nitriles is 1. The minimum Gasteiger partial charge on any atom is -0.356 e. The number of nitrogens with zero attached hydrogens (tertiary/aromatic N) is 2. The summed E-state index contributed by atoms with van der Waals surface area (Å²) >= 11 is 0. The molecule has 0 saturated carbocycles. The van der Waals surface area contributed by atoms with Gasteiger partial charge in [-0.3, -0.25) is 4.79 Å². The van der Waals surface area contributed by atoms with Crippen molar-refractivity contribution in [3.63, 3.8) is 0 Å². The molecular formula is C16H23N3OS2. The highest BCUT2D eigenvalue weighted by atomic mass is 33.1. The van der Waals surface area contributed by atoms with Crippen LogP contribution >= 0.6 is 21.6 Å². The van der Waals surface area contributed by atoms with Crippen molar-refractivity contribution in [2.24, 2.45) is 0 Å². The molecule has 1 aromatic carbocycles. The van der Waals surface area contributed by atoms with E-state index in [0.717, 1.165) is 36.6 Å². The molecule has 0 spiro atoms. The van der Waals surface area contributed by atoms with Gasteiger partial charge in [0.2, 0.25) is 5.91 Å². The van der Waals surface area contributed by atoms with Gasteiger partial charge in [0.1, 0.15) is 0 Å². The first-order chi connectivity index (χ1) is 10.6. The molecule has 4 nitrogen and oxygen atoms in total. The molecule has 6 heteroatoms. The summed E-state index contributed by atoms with van der Waals surface area (Å²) in [5, 5.41) is 11.7. The molecule has 1 amide bonds. The van der Waals surface area contributed by atoms with Crippen molar-refractivity contribution in [3.05, 3.63) is 35.4 Å².